The van der Waals surface area contributed by atoms with E-state index in [4.69, 9.17) is 15.6 Å². The zero-order chi connectivity index (χ0) is 9.56. The zero-order valence-corrected chi connectivity index (χ0v) is 7.62. The van der Waals surface area contributed by atoms with E-state index in [9.17, 15) is 4.79 Å². The van der Waals surface area contributed by atoms with Crippen LogP contribution in [0.15, 0.2) is 0 Å². The Bertz CT molecular complexity index is 136. The Morgan fingerprint density at radius 2 is 2.17 bits per heavy atom. The fourth-order valence-electron chi connectivity index (χ4n) is 0.653. The van der Waals surface area contributed by atoms with Gasteiger partial charge in [-0.1, -0.05) is 13.8 Å². The van der Waals surface area contributed by atoms with Crippen molar-refractivity contribution in [2.45, 2.75) is 26.3 Å². The van der Waals surface area contributed by atoms with Gasteiger partial charge in [-0.2, -0.15) is 0 Å². The van der Waals surface area contributed by atoms with Gasteiger partial charge in [0, 0.05) is 13.2 Å². The second-order valence-corrected chi connectivity index (χ2v) is 3.20. The molecule has 0 aromatic rings. The van der Waals surface area contributed by atoms with Gasteiger partial charge in [-0.3, -0.25) is 4.79 Å². The highest BCUT2D eigenvalue weighted by Crippen LogP contribution is 1.95. The van der Waals surface area contributed by atoms with E-state index in [1.807, 2.05) is 13.8 Å². The maximum atomic E-state index is 10.2. The van der Waals surface area contributed by atoms with E-state index in [0.29, 0.717) is 25.6 Å². The molecule has 0 unspecified atom stereocenters. The molecule has 0 aliphatic heterocycles. The summed E-state index contributed by atoms with van der Waals surface area (Å²) in [5, 5.41) is 8.41. The van der Waals surface area contributed by atoms with Crippen molar-refractivity contribution in [3.8, 4) is 0 Å². The van der Waals surface area contributed by atoms with Crippen LogP contribution in [0.5, 0.6) is 0 Å². The summed E-state index contributed by atoms with van der Waals surface area (Å²) in [5.41, 5.74) is 5.25. The van der Waals surface area contributed by atoms with E-state index in [1.165, 1.54) is 0 Å². The summed E-state index contributed by atoms with van der Waals surface area (Å²) in [4.78, 5) is 10.2. The molecule has 0 spiro atoms. The number of carbonyl (C=O) groups is 1. The van der Waals surface area contributed by atoms with Crippen molar-refractivity contribution in [3.05, 3.63) is 0 Å². The lowest BCUT2D eigenvalue weighted by Gasteiger charge is -2.08. The minimum atomic E-state index is -0.969. The molecule has 4 nitrogen and oxygen atoms in total. The summed E-state index contributed by atoms with van der Waals surface area (Å²) in [6.07, 6.45) is 0.377. The average Bonchev–Trinajstić information content (AvgIpc) is 1.97. The van der Waals surface area contributed by atoms with Crippen LogP contribution in [0.2, 0.25) is 0 Å². The fraction of sp³-hybridized carbons (Fsp3) is 0.875. The van der Waals surface area contributed by atoms with Crippen molar-refractivity contribution in [2.75, 3.05) is 13.2 Å². The van der Waals surface area contributed by atoms with Gasteiger partial charge in [-0.15, -0.1) is 0 Å². The number of hydrogen-bond acceptors (Lipinski definition) is 3. The van der Waals surface area contributed by atoms with Crippen LogP contribution in [0.3, 0.4) is 0 Å². The molecule has 4 heteroatoms. The van der Waals surface area contributed by atoms with Crippen LogP contribution < -0.4 is 5.73 Å². The summed E-state index contributed by atoms with van der Waals surface area (Å²) in [7, 11) is 0. The van der Waals surface area contributed by atoms with Crippen molar-refractivity contribution >= 4 is 5.97 Å². The third-order valence-corrected chi connectivity index (χ3v) is 1.34. The highest BCUT2D eigenvalue weighted by Gasteiger charge is 2.10. The second kappa shape index (κ2) is 5.97. The Morgan fingerprint density at radius 1 is 1.58 bits per heavy atom. The Morgan fingerprint density at radius 3 is 2.58 bits per heavy atom. The van der Waals surface area contributed by atoms with Crippen LogP contribution in [-0.2, 0) is 9.53 Å². The number of rotatable bonds is 6. The molecule has 1 atom stereocenters. The van der Waals surface area contributed by atoms with Gasteiger partial charge in [0.15, 0.2) is 0 Å². The van der Waals surface area contributed by atoms with Gasteiger partial charge in [0.05, 0.1) is 0 Å². The molecule has 0 heterocycles. The fourth-order valence-corrected chi connectivity index (χ4v) is 0.653. The molecule has 0 saturated heterocycles. The molecular formula is C8H17NO3. The van der Waals surface area contributed by atoms with E-state index in [-0.39, 0.29) is 0 Å². The molecule has 0 saturated carbocycles. The van der Waals surface area contributed by atoms with Crippen molar-refractivity contribution in [3.63, 3.8) is 0 Å². The summed E-state index contributed by atoms with van der Waals surface area (Å²) < 4.78 is 5.17. The summed E-state index contributed by atoms with van der Waals surface area (Å²) in [6, 6.07) is -0.794. The molecule has 0 radical (unpaired) electrons. The first-order valence-corrected chi connectivity index (χ1v) is 4.10. The van der Waals surface area contributed by atoms with Gasteiger partial charge in [0.2, 0.25) is 0 Å². The van der Waals surface area contributed by atoms with Gasteiger partial charge in [0.1, 0.15) is 6.04 Å². The molecule has 0 amide bonds. The summed E-state index contributed by atoms with van der Waals surface area (Å²) in [6.45, 7) is 5.16. The number of hydrogen-bond donors (Lipinski definition) is 2. The molecule has 0 aliphatic rings. The van der Waals surface area contributed by atoms with Gasteiger partial charge in [-0.25, -0.2) is 0 Å². The smallest absolute Gasteiger partial charge is 0.320 e. The van der Waals surface area contributed by atoms with Gasteiger partial charge >= 0.3 is 5.97 Å². The van der Waals surface area contributed by atoms with Crippen LogP contribution >= 0.6 is 0 Å². The lowest BCUT2D eigenvalue weighted by molar-refractivity contribution is -0.139. The first kappa shape index (κ1) is 11.4. The molecule has 0 aromatic heterocycles. The van der Waals surface area contributed by atoms with Crippen molar-refractivity contribution in [2.24, 2.45) is 11.7 Å². The molecule has 0 aromatic carbocycles. The number of ether oxygens (including phenoxy) is 1. The predicted molar refractivity (Wildman–Crippen MR) is 45.9 cm³/mol. The minimum Gasteiger partial charge on any atom is -0.480 e. The maximum Gasteiger partial charge on any atom is 0.320 e. The van der Waals surface area contributed by atoms with Crippen molar-refractivity contribution < 1.29 is 14.6 Å². The summed E-state index contributed by atoms with van der Waals surface area (Å²) >= 11 is 0. The maximum absolute atomic E-state index is 10.2. The number of carboxylic acid groups (broad SMARTS) is 1. The monoisotopic (exact) mass is 175 g/mol. The normalized spacial score (nSPS) is 13.3. The third-order valence-electron chi connectivity index (χ3n) is 1.34. The predicted octanol–water partition coefficient (Wildman–Crippen LogP) is 0.461. The van der Waals surface area contributed by atoms with E-state index < -0.39 is 12.0 Å². The van der Waals surface area contributed by atoms with Crippen LogP contribution in [0.4, 0.5) is 0 Å². The highest BCUT2D eigenvalue weighted by atomic mass is 16.5. The zero-order valence-electron chi connectivity index (χ0n) is 7.62. The SMILES string of the molecule is CC(C)COCC[C@H](N)C(=O)O. The molecule has 0 rings (SSSR count). The van der Waals surface area contributed by atoms with Crippen molar-refractivity contribution in [1.82, 2.24) is 0 Å². The standard InChI is InChI=1S/C8H17NO3/c1-6(2)5-12-4-3-7(9)8(10)11/h6-7H,3-5,9H2,1-2H3,(H,10,11)/t7-/m0/s1. The molecule has 0 fully saturated rings. The van der Waals surface area contributed by atoms with Gasteiger partial charge in [0.25, 0.3) is 0 Å². The van der Waals surface area contributed by atoms with E-state index >= 15 is 0 Å². The van der Waals surface area contributed by atoms with Gasteiger partial charge < -0.3 is 15.6 Å². The van der Waals surface area contributed by atoms with Crippen LogP contribution in [0.25, 0.3) is 0 Å². The minimum absolute atomic E-state index is 0.377. The molecule has 12 heavy (non-hydrogen) atoms. The lowest BCUT2D eigenvalue weighted by Crippen LogP contribution is -2.31. The Hall–Kier alpha value is -0.610. The summed E-state index contributed by atoms with van der Waals surface area (Å²) in [5.74, 6) is -0.491. The van der Waals surface area contributed by atoms with E-state index in [0.717, 1.165) is 0 Å². The van der Waals surface area contributed by atoms with Crippen LogP contribution in [-0.4, -0.2) is 30.3 Å². The molecule has 72 valence electrons. The molecule has 3 N–H and O–H groups in total. The Balaban J connectivity index is 3.25. The number of nitrogens with two attached hydrogens (primary N) is 1. The lowest BCUT2D eigenvalue weighted by atomic mass is 10.2. The topological polar surface area (TPSA) is 72.5 Å². The van der Waals surface area contributed by atoms with E-state index in [2.05, 4.69) is 0 Å². The van der Waals surface area contributed by atoms with Crippen molar-refractivity contribution in [1.29, 1.82) is 0 Å². The molecule has 0 bridgehead atoms. The first-order chi connectivity index (χ1) is 5.54. The quantitative estimate of drug-likeness (QED) is 0.575. The Kier molecular flexibility index (Phi) is 5.66. The average molecular weight is 175 g/mol. The number of aliphatic carboxylic acids is 1. The van der Waals surface area contributed by atoms with Crippen LogP contribution in [0.1, 0.15) is 20.3 Å². The Labute approximate surface area is 72.7 Å². The van der Waals surface area contributed by atoms with Crippen LogP contribution in [0, 0.1) is 5.92 Å². The third kappa shape index (κ3) is 6.12. The largest absolute Gasteiger partial charge is 0.480 e. The first-order valence-electron chi connectivity index (χ1n) is 4.10. The van der Waals surface area contributed by atoms with E-state index in [1.54, 1.807) is 0 Å². The highest BCUT2D eigenvalue weighted by molar-refractivity contribution is 5.72. The molecule has 0 aliphatic carbocycles. The number of carboxylic acids is 1. The van der Waals surface area contributed by atoms with Gasteiger partial charge in [-0.05, 0) is 12.3 Å². The second-order valence-electron chi connectivity index (χ2n) is 3.20. The molecular weight excluding hydrogens is 158 g/mol.